The smallest absolute Gasteiger partial charge is 0.335 e. The quantitative estimate of drug-likeness (QED) is 0.864. The number of nitrogens with zero attached hydrogens (tertiary/aromatic N) is 1. The molecule has 0 unspecified atom stereocenters. The van der Waals surface area contributed by atoms with E-state index in [0.717, 1.165) is 5.56 Å². The zero-order valence-electron chi connectivity index (χ0n) is 11.5. The summed E-state index contributed by atoms with van der Waals surface area (Å²) in [4.78, 5) is 35.8. The van der Waals surface area contributed by atoms with E-state index in [-0.39, 0.29) is 17.4 Å². The topological polar surface area (TPSA) is 86.7 Å². The maximum atomic E-state index is 12.1. The molecule has 21 heavy (non-hydrogen) atoms. The number of carbonyl (C=O) groups excluding carboxylic acids is 2. The van der Waals surface area contributed by atoms with Gasteiger partial charge in [0.05, 0.1) is 11.4 Å². The van der Waals surface area contributed by atoms with Crippen molar-refractivity contribution in [1.82, 2.24) is 10.2 Å². The van der Waals surface area contributed by atoms with Crippen molar-refractivity contribution in [3.63, 3.8) is 0 Å². The summed E-state index contributed by atoms with van der Waals surface area (Å²) in [5, 5.41) is 11.6. The molecule has 1 atom stereocenters. The number of thioether (sulfide) groups is 1. The molecule has 1 fully saturated rings. The molecule has 0 bridgehead atoms. The first kappa shape index (κ1) is 15.4. The van der Waals surface area contributed by atoms with E-state index in [0.29, 0.717) is 18.2 Å². The molecule has 2 amide bonds. The Labute approximate surface area is 126 Å². The second-order valence-corrected chi connectivity index (χ2v) is 5.72. The number of carboxylic acids is 1. The average molecular weight is 308 g/mol. The normalized spacial score (nSPS) is 17.6. The van der Waals surface area contributed by atoms with Gasteiger partial charge in [0, 0.05) is 19.2 Å². The summed E-state index contributed by atoms with van der Waals surface area (Å²) in [6, 6.07) is 5.89. The van der Waals surface area contributed by atoms with Crippen LogP contribution < -0.4 is 5.32 Å². The Morgan fingerprint density at radius 1 is 1.33 bits per heavy atom. The molecule has 1 aromatic rings. The summed E-state index contributed by atoms with van der Waals surface area (Å²) in [6.45, 7) is 1.77. The van der Waals surface area contributed by atoms with Crippen molar-refractivity contribution in [1.29, 1.82) is 0 Å². The highest BCUT2D eigenvalue weighted by Gasteiger charge is 2.32. The van der Waals surface area contributed by atoms with Crippen molar-refractivity contribution in [2.24, 2.45) is 0 Å². The van der Waals surface area contributed by atoms with Gasteiger partial charge in [-0.15, -0.1) is 11.8 Å². The van der Waals surface area contributed by atoms with Crippen LogP contribution in [0.4, 0.5) is 0 Å². The summed E-state index contributed by atoms with van der Waals surface area (Å²) in [5.74, 6) is -0.126. The predicted molar refractivity (Wildman–Crippen MR) is 78.9 cm³/mol. The highest BCUT2D eigenvalue weighted by atomic mass is 32.2. The number of aromatic carboxylic acids is 1. The number of carboxylic acid groups (broad SMARTS) is 1. The Hall–Kier alpha value is -2.02. The number of hydrogen-bond acceptors (Lipinski definition) is 4. The first-order chi connectivity index (χ1) is 9.99. The number of benzene rings is 1. The highest BCUT2D eigenvalue weighted by molar-refractivity contribution is 7.99. The highest BCUT2D eigenvalue weighted by Crippen LogP contribution is 2.21. The van der Waals surface area contributed by atoms with E-state index in [1.165, 1.54) is 19.1 Å². The number of rotatable bonds is 4. The van der Waals surface area contributed by atoms with Gasteiger partial charge in [0.2, 0.25) is 11.8 Å². The molecule has 0 spiro atoms. The lowest BCUT2D eigenvalue weighted by molar-refractivity contribution is -0.136. The second-order valence-electron chi connectivity index (χ2n) is 4.72. The van der Waals surface area contributed by atoms with Crippen LogP contribution in [0.1, 0.15) is 22.8 Å². The zero-order chi connectivity index (χ0) is 15.4. The fraction of sp³-hybridized carbons (Fsp3) is 0.357. The first-order valence-electron chi connectivity index (χ1n) is 6.44. The molecule has 1 saturated heterocycles. The summed E-state index contributed by atoms with van der Waals surface area (Å²) < 4.78 is 0. The van der Waals surface area contributed by atoms with Crippen LogP contribution in [0, 0.1) is 0 Å². The summed E-state index contributed by atoms with van der Waals surface area (Å²) in [5.41, 5.74) is 1.02. The minimum absolute atomic E-state index is 0.106. The van der Waals surface area contributed by atoms with Gasteiger partial charge in [0.15, 0.2) is 0 Å². The Morgan fingerprint density at radius 3 is 2.57 bits per heavy atom. The standard InChI is InChI=1S/C14H16N2O4S/c1-9(17)16-8-21-7-12(16)13(18)15-6-10-2-4-11(5-3-10)14(19)20/h2-5,12H,6-8H2,1H3,(H,15,18)(H,19,20)/t12-/m1/s1. The van der Waals surface area contributed by atoms with Crippen molar-refractivity contribution in [3.05, 3.63) is 35.4 Å². The fourth-order valence-corrected chi connectivity index (χ4v) is 3.26. The maximum absolute atomic E-state index is 12.1. The van der Waals surface area contributed by atoms with Gasteiger partial charge in [0.25, 0.3) is 0 Å². The molecule has 6 nitrogen and oxygen atoms in total. The van der Waals surface area contributed by atoms with Crippen LogP contribution in [0.5, 0.6) is 0 Å². The van der Waals surface area contributed by atoms with E-state index in [2.05, 4.69) is 5.32 Å². The van der Waals surface area contributed by atoms with Gasteiger partial charge in [-0.1, -0.05) is 12.1 Å². The molecule has 7 heteroatoms. The van der Waals surface area contributed by atoms with Gasteiger partial charge in [0.1, 0.15) is 6.04 Å². The van der Waals surface area contributed by atoms with Crippen LogP contribution in [-0.2, 0) is 16.1 Å². The number of amides is 2. The number of nitrogens with one attached hydrogen (secondary N) is 1. The second kappa shape index (κ2) is 6.62. The lowest BCUT2D eigenvalue weighted by Crippen LogP contribution is -2.46. The van der Waals surface area contributed by atoms with Crippen LogP contribution in [-0.4, -0.2) is 45.5 Å². The van der Waals surface area contributed by atoms with Crippen molar-refractivity contribution in [3.8, 4) is 0 Å². The summed E-state index contributed by atoms with van der Waals surface area (Å²) >= 11 is 1.55. The van der Waals surface area contributed by atoms with Crippen LogP contribution in [0.25, 0.3) is 0 Å². The Bertz CT molecular complexity index is 559. The molecular weight excluding hydrogens is 292 g/mol. The van der Waals surface area contributed by atoms with Crippen molar-refractivity contribution >= 4 is 29.5 Å². The largest absolute Gasteiger partial charge is 0.478 e. The molecule has 0 aromatic heterocycles. The molecule has 0 radical (unpaired) electrons. The predicted octanol–water partition coefficient (Wildman–Crippen LogP) is 0.922. The number of carbonyl (C=O) groups is 3. The van der Waals surface area contributed by atoms with Crippen LogP contribution in [0.15, 0.2) is 24.3 Å². The van der Waals surface area contributed by atoms with Crippen molar-refractivity contribution in [2.75, 3.05) is 11.6 Å². The fourth-order valence-electron chi connectivity index (χ4n) is 2.04. The third-order valence-corrected chi connectivity index (χ3v) is 4.27. The average Bonchev–Trinajstić information content (AvgIpc) is 2.95. The minimum atomic E-state index is -0.981. The zero-order valence-corrected chi connectivity index (χ0v) is 12.4. The third kappa shape index (κ3) is 3.75. The molecule has 2 rings (SSSR count). The summed E-state index contributed by atoms with van der Waals surface area (Å²) in [6.07, 6.45) is 0. The monoisotopic (exact) mass is 308 g/mol. The van der Waals surface area contributed by atoms with Gasteiger partial charge < -0.3 is 15.3 Å². The van der Waals surface area contributed by atoms with Gasteiger partial charge in [-0.05, 0) is 17.7 Å². The molecule has 0 aliphatic carbocycles. The van der Waals surface area contributed by atoms with Gasteiger partial charge in [-0.3, -0.25) is 9.59 Å². The van der Waals surface area contributed by atoms with Crippen LogP contribution in [0.2, 0.25) is 0 Å². The first-order valence-corrected chi connectivity index (χ1v) is 7.59. The molecule has 1 aliphatic rings. The van der Waals surface area contributed by atoms with E-state index < -0.39 is 12.0 Å². The lowest BCUT2D eigenvalue weighted by Gasteiger charge is -2.21. The molecule has 1 aliphatic heterocycles. The van der Waals surface area contributed by atoms with E-state index >= 15 is 0 Å². The van der Waals surface area contributed by atoms with Gasteiger partial charge in [-0.25, -0.2) is 4.79 Å². The van der Waals surface area contributed by atoms with Crippen molar-refractivity contribution in [2.45, 2.75) is 19.5 Å². The molecular formula is C14H16N2O4S. The van der Waals surface area contributed by atoms with E-state index in [4.69, 9.17) is 5.11 Å². The van der Waals surface area contributed by atoms with E-state index in [9.17, 15) is 14.4 Å². The molecule has 1 heterocycles. The Kier molecular flexibility index (Phi) is 4.85. The van der Waals surface area contributed by atoms with Crippen LogP contribution in [0.3, 0.4) is 0 Å². The van der Waals surface area contributed by atoms with E-state index in [1.54, 1.807) is 28.8 Å². The van der Waals surface area contributed by atoms with Crippen LogP contribution >= 0.6 is 11.8 Å². The SMILES string of the molecule is CC(=O)N1CSC[C@@H]1C(=O)NCc1ccc(C(=O)O)cc1. The van der Waals surface area contributed by atoms with E-state index in [1.807, 2.05) is 0 Å². The Morgan fingerprint density at radius 2 is 2.00 bits per heavy atom. The van der Waals surface area contributed by atoms with Gasteiger partial charge >= 0.3 is 5.97 Å². The molecule has 0 saturated carbocycles. The molecule has 1 aromatic carbocycles. The minimum Gasteiger partial charge on any atom is -0.478 e. The Balaban J connectivity index is 1.91. The molecule has 112 valence electrons. The van der Waals surface area contributed by atoms with Gasteiger partial charge in [-0.2, -0.15) is 0 Å². The maximum Gasteiger partial charge on any atom is 0.335 e. The summed E-state index contributed by atoms with van der Waals surface area (Å²) in [7, 11) is 0. The third-order valence-electron chi connectivity index (χ3n) is 3.26. The molecule has 2 N–H and O–H groups in total. The lowest BCUT2D eigenvalue weighted by atomic mass is 10.1. The number of hydrogen-bond donors (Lipinski definition) is 2. The van der Waals surface area contributed by atoms with Crippen molar-refractivity contribution < 1.29 is 19.5 Å².